The fourth-order valence-electron chi connectivity index (χ4n) is 2.01. The summed E-state index contributed by atoms with van der Waals surface area (Å²) in [7, 11) is 0. The van der Waals surface area contributed by atoms with E-state index in [2.05, 4.69) is 10.3 Å². The number of pyridine rings is 1. The van der Waals surface area contributed by atoms with Crippen LogP contribution in [0.15, 0.2) is 18.5 Å². The average molecular weight is 287 g/mol. The number of carbonyl (C=O) groups excluding carboxylic acids is 1. The van der Waals surface area contributed by atoms with Gasteiger partial charge in [0.15, 0.2) is 0 Å². The largest absolute Gasteiger partial charge is 0.406 e. The summed E-state index contributed by atoms with van der Waals surface area (Å²) < 4.78 is 37.8. The van der Waals surface area contributed by atoms with Gasteiger partial charge in [-0.1, -0.05) is 0 Å². The number of carbonyl (C=O) groups is 1. The molecule has 0 saturated heterocycles. The molecule has 2 rings (SSSR count). The van der Waals surface area contributed by atoms with Crippen molar-refractivity contribution >= 4 is 11.6 Å². The number of nitrogens with zero attached hydrogens (tertiary/aromatic N) is 2. The van der Waals surface area contributed by atoms with Crippen LogP contribution in [0.4, 0.5) is 18.9 Å². The Labute approximate surface area is 115 Å². The highest BCUT2D eigenvalue weighted by Crippen LogP contribution is 2.32. The number of hydrogen-bond acceptors (Lipinski definition) is 3. The van der Waals surface area contributed by atoms with Gasteiger partial charge in [-0.05, 0) is 25.8 Å². The van der Waals surface area contributed by atoms with Crippen LogP contribution in [0.5, 0.6) is 0 Å². The molecule has 1 heterocycles. The third-order valence-electron chi connectivity index (χ3n) is 3.02. The van der Waals surface area contributed by atoms with Crippen molar-refractivity contribution in [2.24, 2.45) is 0 Å². The minimum Gasteiger partial charge on any atom is -0.383 e. The van der Waals surface area contributed by atoms with Crippen molar-refractivity contribution in [1.82, 2.24) is 9.88 Å². The Kier molecular flexibility index (Phi) is 4.15. The lowest BCUT2D eigenvalue weighted by atomic mass is 10.2. The summed E-state index contributed by atoms with van der Waals surface area (Å²) in [5.41, 5.74) is 0.700. The molecule has 0 radical (unpaired) electrons. The zero-order valence-corrected chi connectivity index (χ0v) is 11.1. The van der Waals surface area contributed by atoms with Crippen molar-refractivity contribution in [2.75, 3.05) is 18.4 Å². The van der Waals surface area contributed by atoms with Crippen molar-refractivity contribution in [1.29, 1.82) is 0 Å². The Hall–Kier alpha value is -1.79. The van der Waals surface area contributed by atoms with Gasteiger partial charge in [0.05, 0.1) is 17.4 Å². The molecular formula is C13H16F3N3O. The first kappa shape index (κ1) is 14.6. The van der Waals surface area contributed by atoms with Gasteiger partial charge >= 0.3 is 6.18 Å². The number of alkyl halides is 3. The molecule has 1 aromatic rings. The number of nitrogens with one attached hydrogen (secondary N) is 1. The lowest BCUT2D eigenvalue weighted by Gasteiger charge is -2.24. The fourth-order valence-corrected chi connectivity index (χ4v) is 2.01. The Balaban J connectivity index is 2.23. The third-order valence-corrected chi connectivity index (χ3v) is 3.02. The van der Waals surface area contributed by atoms with Gasteiger partial charge in [0, 0.05) is 18.8 Å². The predicted octanol–water partition coefficient (Wildman–Crippen LogP) is 2.68. The van der Waals surface area contributed by atoms with Crippen LogP contribution in [-0.2, 0) is 0 Å². The van der Waals surface area contributed by atoms with Crippen LogP contribution in [0.3, 0.4) is 0 Å². The standard InChI is InChI=1S/C13H16F3N3O/c1-2-18-11-7-17-6-5-10(11)12(20)19(9-3-4-9)8-13(14,15)16/h5-7,9,18H,2-4,8H2,1H3. The Bertz CT molecular complexity index is 486. The highest BCUT2D eigenvalue weighted by molar-refractivity contribution is 5.99. The van der Waals surface area contributed by atoms with E-state index in [0.717, 1.165) is 4.90 Å². The van der Waals surface area contributed by atoms with Gasteiger partial charge in [-0.25, -0.2) is 0 Å². The molecule has 110 valence electrons. The molecule has 1 saturated carbocycles. The van der Waals surface area contributed by atoms with Crippen LogP contribution in [-0.4, -0.2) is 41.1 Å². The van der Waals surface area contributed by atoms with Crippen LogP contribution in [0.25, 0.3) is 0 Å². The third kappa shape index (κ3) is 3.61. The van der Waals surface area contributed by atoms with Crippen molar-refractivity contribution in [3.8, 4) is 0 Å². The van der Waals surface area contributed by atoms with Gasteiger partial charge in [-0.2, -0.15) is 13.2 Å². The maximum atomic E-state index is 12.6. The molecule has 1 aliphatic rings. The van der Waals surface area contributed by atoms with E-state index < -0.39 is 18.6 Å². The van der Waals surface area contributed by atoms with E-state index in [1.165, 1.54) is 18.5 Å². The maximum absolute atomic E-state index is 12.6. The maximum Gasteiger partial charge on any atom is 0.406 e. The summed E-state index contributed by atoms with van der Waals surface area (Å²) >= 11 is 0. The van der Waals surface area contributed by atoms with Crippen molar-refractivity contribution in [3.63, 3.8) is 0 Å². The van der Waals surface area contributed by atoms with Gasteiger partial charge in [-0.3, -0.25) is 9.78 Å². The SMILES string of the molecule is CCNc1cnccc1C(=O)N(CC(F)(F)F)C1CC1. The van der Waals surface area contributed by atoms with Gasteiger partial charge < -0.3 is 10.2 Å². The smallest absolute Gasteiger partial charge is 0.383 e. The monoisotopic (exact) mass is 287 g/mol. The van der Waals surface area contributed by atoms with E-state index in [4.69, 9.17) is 0 Å². The van der Waals surface area contributed by atoms with E-state index >= 15 is 0 Å². The molecule has 4 nitrogen and oxygen atoms in total. The van der Waals surface area contributed by atoms with E-state index in [-0.39, 0.29) is 11.6 Å². The van der Waals surface area contributed by atoms with Gasteiger partial charge in [0.1, 0.15) is 6.54 Å². The molecule has 1 aliphatic carbocycles. The van der Waals surface area contributed by atoms with E-state index in [1.54, 1.807) is 0 Å². The van der Waals surface area contributed by atoms with Crippen LogP contribution >= 0.6 is 0 Å². The molecule has 0 aromatic carbocycles. The van der Waals surface area contributed by atoms with Gasteiger partial charge in [0.2, 0.25) is 0 Å². The zero-order valence-electron chi connectivity index (χ0n) is 11.1. The Morgan fingerprint density at radius 2 is 2.20 bits per heavy atom. The number of aromatic nitrogens is 1. The van der Waals surface area contributed by atoms with Gasteiger partial charge in [-0.15, -0.1) is 0 Å². The topological polar surface area (TPSA) is 45.2 Å². The fraction of sp³-hybridized carbons (Fsp3) is 0.538. The highest BCUT2D eigenvalue weighted by Gasteiger charge is 2.41. The molecule has 1 amide bonds. The summed E-state index contributed by atoms with van der Waals surface area (Å²) in [6.07, 6.45) is -0.265. The zero-order chi connectivity index (χ0) is 14.8. The molecular weight excluding hydrogens is 271 g/mol. The second kappa shape index (κ2) is 5.68. The lowest BCUT2D eigenvalue weighted by molar-refractivity contribution is -0.141. The minimum atomic E-state index is -4.39. The second-order valence-corrected chi connectivity index (χ2v) is 4.73. The molecule has 7 heteroatoms. The molecule has 0 aliphatic heterocycles. The summed E-state index contributed by atoms with van der Waals surface area (Å²) in [5, 5.41) is 2.94. The number of halogens is 3. The van der Waals surface area contributed by atoms with Crippen LogP contribution in [0, 0.1) is 0 Å². The normalized spacial score (nSPS) is 15.0. The van der Waals surface area contributed by atoms with Crippen molar-refractivity contribution in [2.45, 2.75) is 32.0 Å². The van der Waals surface area contributed by atoms with Crippen LogP contribution in [0.1, 0.15) is 30.1 Å². The lowest BCUT2D eigenvalue weighted by Crippen LogP contribution is -2.40. The molecule has 1 fully saturated rings. The number of rotatable bonds is 5. The predicted molar refractivity (Wildman–Crippen MR) is 68.5 cm³/mol. The summed E-state index contributed by atoms with van der Waals surface area (Å²) in [6, 6.07) is 1.15. The summed E-state index contributed by atoms with van der Waals surface area (Å²) in [6.45, 7) is 1.20. The first-order valence-corrected chi connectivity index (χ1v) is 6.48. The second-order valence-electron chi connectivity index (χ2n) is 4.73. The molecule has 0 unspecified atom stereocenters. The summed E-state index contributed by atoms with van der Waals surface area (Å²) in [4.78, 5) is 17.2. The first-order chi connectivity index (χ1) is 9.42. The Morgan fingerprint density at radius 1 is 1.50 bits per heavy atom. The van der Waals surface area contributed by atoms with E-state index in [1.807, 2.05) is 6.92 Å². The number of anilines is 1. The van der Waals surface area contributed by atoms with Crippen molar-refractivity contribution < 1.29 is 18.0 Å². The van der Waals surface area contributed by atoms with Crippen LogP contribution in [0.2, 0.25) is 0 Å². The molecule has 0 bridgehead atoms. The minimum absolute atomic E-state index is 0.234. The molecule has 20 heavy (non-hydrogen) atoms. The van der Waals surface area contributed by atoms with E-state index in [9.17, 15) is 18.0 Å². The first-order valence-electron chi connectivity index (χ1n) is 6.48. The number of hydrogen-bond donors (Lipinski definition) is 1. The van der Waals surface area contributed by atoms with E-state index in [0.29, 0.717) is 25.1 Å². The number of amides is 1. The molecule has 1 N–H and O–H groups in total. The van der Waals surface area contributed by atoms with Crippen molar-refractivity contribution in [3.05, 3.63) is 24.0 Å². The average Bonchev–Trinajstić information content (AvgIpc) is 3.19. The van der Waals surface area contributed by atoms with Crippen LogP contribution < -0.4 is 5.32 Å². The summed E-state index contributed by atoms with van der Waals surface area (Å²) in [5.74, 6) is -0.594. The highest BCUT2D eigenvalue weighted by atomic mass is 19.4. The Morgan fingerprint density at radius 3 is 2.75 bits per heavy atom. The molecule has 0 atom stereocenters. The molecule has 0 spiro atoms. The van der Waals surface area contributed by atoms with Gasteiger partial charge in [0.25, 0.3) is 5.91 Å². The molecule has 1 aromatic heterocycles. The quantitative estimate of drug-likeness (QED) is 0.905.